The monoisotopic (exact) mass is 159 g/mol. The largest absolute Gasteiger partial charge is 0.465 e. The van der Waals surface area contributed by atoms with Crippen molar-refractivity contribution in [2.24, 2.45) is 0 Å². The molecule has 1 N–H and O–H groups in total. The quantitative estimate of drug-likeness (QED) is 0.568. The van der Waals surface area contributed by atoms with Crippen LogP contribution in [0.2, 0.25) is 0 Å². The summed E-state index contributed by atoms with van der Waals surface area (Å²) in [5, 5.41) is 8.74. The molecule has 0 aromatic carbocycles. The molecular formula is C7H13NO3. The molecule has 0 unspecified atom stereocenters. The van der Waals surface area contributed by atoms with Gasteiger partial charge >= 0.3 is 6.09 Å². The number of nitrogens with zero attached hydrogens (tertiary/aromatic N) is 1. The SMILES string of the molecule is CC1(C)COCCN1C(=O)O. The van der Waals surface area contributed by atoms with Crippen molar-refractivity contribution < 1.29 is 14.6 Å². The highest BCUT2D eigenvalue weighted by Gasteiger charge is 2.33. The number of morpholine rings is 1. The Balaban J connectivity index is 2.67. The van der Waals surface area contributed by atoms with Crippen molar-refractivity contribution in [3.05, 3.63) is 0 Å². The molecule has 1 saturated heterocycles. The molecule has 0 aromatic rings. The summed E-state index contributed by atoms with van der Waals surface area (Å²) >= 11 is 0. The molecule has 0 atom stereocenters. The van der Waals surface area contributed by atoms with Crippen LogP contribution in [0.4, 0.5) is 4.79 Å². The van der Waals surface area contributed by atoms with E-state index >= 15 is 0 Å². The minimum absolute atomic E-state index is 0.371. The van der Waals surface area contributed by atoms with Crippen LogP contribution >= 0.6 is 0 Å². The molecule has 1 amide bonds. The Labute approximate surface area is 65.8 Å². The Morgan fingerprint density at radius 3 is 2.64 bits per heavy atom. The Hall–Kier alpha value is -0.770. The van der Waals surface area contributed by atoms with Gasteiger partial charge in [-0.15, -0.1) is 0 Å². The highest BCUT2D eigenvalue weighted by Crippen LogP contribution is 2.18. The first-order valence-electron chi connectivity index (χ1n) is 3.62. The van der Waals surface area contributed by atoms with Gasteiger partial charge in [0.1, 0.15) is 0 Å². The van der Waals surface area contributed by atoms with Crippen molar-refractivity contribution in [1.29, 1.82) is 0 Å². The predicted molar refractivity (Wildman–Crippen MR) is 39.6 cm³/mol. The standard InChI is InChI=1S/C7H13NO3/c1-7(2)5-11-4-3-8(7)6(9)10/h3-5H2,1-2H3,(H,9,10). The molecular weight excluding hydrogens is 146 g/mol. The molecule has 0 bridgehead atoms. The van der Waals surface area contributed by atoms with E-state index in [0.717, 1.165) is 0 Å². The number of rotatable bonds is 0. The van der Waals surface area contributed by atoms with Crippen LogP contribution in [0.25, 0.3) is 0 Å². The summed E-state index contributed by atoms with van der Waals surface area (Å²) in [7, 11) is 0. The van der Waals surface area contributed by atoms with E-state index in [0.29, 0.717) is 19.8 Å². The molecule has 1 aliphatic rings. The zero-order chi connectivity index (χ0) is 8.48. The Morgan fingerprint density at radius 1 is 1.64 bits per heavy atom. The second-order valence-electron chi connectivity index (χ2n) is 3.30. The van der Waals surface area contributed by atoms with Crippen LogP contribution in [-0.2, 0) is 4.74 Å². The maximum absolute atomic E-state index is 10.6. The zero-order valence-corrected chi connectivity index (χ0v) is 6.83. The Bertz CT molecular complexity index is 167. The minimum atomic E-state index is -0.863. The van der Waals surface area contributed by atoms with Gasteiger partial charge in [0.25, 0.3) is 0 Å². The third kappa shape index (κ3) is 1.63. The zero-order valence-electron chi connectivity index (χ0n) is 6.83. The summed E-state index contributed by atoms with van der Waals surface area (Å²) in [5.74, 6) is 0. The number of carbonyl (C=O) groups is 1. The number of hydrogen-bond acceptors (Lipinski definition) is 2. The molecule has 0 saturated carbocycles. The average molecular weight is 159 g/mol. The van der Waals surface area contributed by atoms with Gasteiger partial charge in [0.15, 0.2) is 0 Å². The topological polar surface area (TPSA) is 49.8 Å². The predicted octanol–water partition coefficient (Wildman–Crippen LogP) is 0.775. The molecule has 4 heteroatoms. The van der Waals surface area contributed by atoms with Crippen LogP contribution in [0.15, 0.2) is 0 Å². The van der Waals surface area contributed by atoms with E-state index in [1.807, 2.05) is 13.8 Å². The van der Waals surface area contributed by atoms with E-state index in [9.17, 15) is 4.79 Å². The normalized spacial score (nSPS) is 23.3. The lowest BCUT2D eigenvalue weighted by Gasteiger charge is -2.39. The lowest BCUT2D eigenvalue weighted by molar-refractivity contribution is -0.0387. The van der Waals surface area contributed by atoms with Crippen LogP contribution in [-0.4, -0.2) is 41.4 Å². The molecule has 0 aliphatic carbocycles. The highest BCUT2D eigenvalue weighted by atomic mass is 16.5. The van der Waals surface area contributed by atoms with E-state index in [2.05, 4.69) is 0 Å². The molecule has 0 aromatic heterocycles. The van der Waals surface area contributed by atoms with Gasteiger partial charge in [0, 0.05) is 6.54 Å². The molecule has 4 nitrogen and oxygen atoms in total. The fourth-order valence-electron chi connectivity index (χ4n) is 1.21. The van der Waals surface area contributed by atoms with Gasteiger partial charge in [0.05, 0.1) is 18.8 Å². The van der Waals surface area contributed by atoms with Crippen LogP contribution in [0.3, 0.4) is 0 Å². The molecule has 64 valence electrons. The van der Waals surface area contributed by atoms with Crippen molar-refractivity contribution in [3.63, 3.8) is 0 Å². The second kappa shape index (κ2) is 2.70. The van der Waals surface area contributed by atoms with E-state index in [1.165, 1.54) is 4.90 Å². The number of carboxylic acid groups (broad SMARTS) is 1. The maximum Gasteiger partial charge on any atom is 0.407 e. The molecule has 11 heavy (non-hydrogen) atoms. The molecule has 1 heterocycles. The summed E-state index contributed by atoms with van der Waals surface area (Å²) < 4.78 is 5.16. The summed E-state index contributed by atoms with van der Waals surface area (Å²) in [6, 6.07) is 0. The highest BCUT2D eigenvalue weighted by molar-refractivity contribution is 5.66. The molecule has 1 rings (SSSR count). The lowest BCUT2D eigenvalue weighted by atomic mass is 10.0. The first kappa shape index (κ1) is 8.33. The van der Waals surface area contributed by atoms with Crippen LogP contribution in [0.5, 0.6) is 0 Å². The van der Waals surface area contributed by atoms with Crippen LogP contribution in [0.1, 0.15) is 13.8 Å². The summed E-state index contributed by atoms with van der Waals surface area (Å²) in [5.41, 5.74) is -0.371. The second-order valence-corrected chi connectivity index (χ2v) is 3.30. The van der Waals surface area contributed by atoms with Crippen molar-refractivity contribution in [1.82, 2.24) is 4.90 Å². The minimum Gasteiger partial charge on any atom is -0.465 e. The van der Waals surface area contributed by atoms with Crippen molar-refractivity contribution in [2.75, 3.05) is 19.8 Å². The first-order valence-corrected chi connectivity index (χ1v) is 3.62. The first-order chi connectivity index (χ1) is 5.04. The summed E-state index contributed by atoms with van der Waals surface area (Å²) in [6.45, 7) is 5.19. The average Bonchev–Trinajstić information content (AvgIpc) is 1.85. The van der Waals surface area contributed by atoms with Gasteiger partial charge in [0.2, 0.25) is 0 Å². The smallest absolute Gasteiger partial charge is 0.407 e. The number of ether oxygens (including phenoxy) is 1. The van der Waals surface area contributed by atoms with Gasteiger partial charge in [-0.05, 0) is 13.8 Å². The molecule has 1 aliphatic heterocycles. The fourth-order valence-corrected chi connectivity index (χ4v) is 1.21. The number of hydrogen-bond donors (Lipinski definition) is 1. The lowest BCUT2D eigenvalue weighted by Crippen LogP contribution is -2.55. The molecule has 0 spiro atoms. The van der Waals surface area contributed by atoms with E-state index in [4.69, 9.17) is 9.84 Å². The number of amides is 1. The van der Waals surface area contributed by atoms with Gasteiger partial charge in [-0.1, -0.05) is 0 Å². The van der Waals surface area contributed by atoms with Crippen molar-refractivity contribution >= 4 is 6.09 Å². The van der Waals surface area contributed by atoms with E-state index < -0.39 is 6.09 Å². The summed E-state index contributed by atoms with van der Waals surface area (Å²) in [4.78, 5) is 12.1. The maximum atomic E-state index is 10.6. The third-order valence-electron chi connectivity index (χ3n) is 1.88. The fraction of sp³-hybridized carbons (Fsp3) is 0.857. The van der Waals surface area contributed by atoms with Crippen molar-refractivity contribution in [3.8, 4) is 0 Å². The molecule has 1 fully saturated rings. The van der Waals surface area contributed by atoms with Gasteiger partial charge in [-0.2, -0.15) is 0 Å². The van der Waals surface area contributed by atoms with Crippen LogP contribution < -0.4 is 0 Å². The third-order valence-corrected chi connectivity index (χ3v) is 1.88. The van der Waals surface area contributed by atoms with Gasteiger partial charge in [-0.3, -0.25) is 4.90 Å². The Morgan fingerprint density at radius 2 is 2.27 bits per heavy atom. The van der Waals surface area contributed by atoms with Gasteiger partial charge in [-0.25, -0.2) is 4.79 Å². The Kier molecular flexibility index (Phi) is 2.04. The van der Waals surface area contributed by atoms with Crippen molar-refractivity contribution in [2.45, 2.75) is 19.4 Å². The van der Waals surface area contributed by atoms with E-state index in [-0.39, 0.29) is 5.54 Å². The van der Waals surface area contributed by atoms with Gasteiger partial charge < -0.3 is 9.84 Å². The molecule has 0 radical (unpaired) electrons. The van der Waals surface area contributed by atoms with Crippen LogP contribution in [0, 0.1) is 0 Å². The van der Waals surface area contributed by atoms with E-state index in [1.54, 1.807) is 0 Å². The summed E-state index contributed by atoms with van der Waals surface area (Å²) in [6.07, 6.45) is -0.863.